The number of hydrogen-bond acceptors (Lipinski definition) is 1. The quantitative estimate of drug-likeness (QED) is 0.646. The average Bonchev–Trinajstić information content (AvgIpc) is 2.73. The van der Waals surface area contributed by atoms with Crippen molar-refractivity contribution in [2.75, 3.05) is 0 Å². The molecule has 0 saturated carbocycles. The molecule has 1 aromatic heterocycles. The molecule has 0 bridgehead atoms. The Labute approximate surface area is 118 Å². The van der Waals surface area contributed by atoms with Crippen molar-refractivity contribution in [2.24, 2.45) is 0 Å². The van der Waals surface area contributed by atoms with E-state index in [1.54, 1.807) is 0 Å². The second-order valence-electron chi connectivity index (χ2n) is 4.45. The molecule has 0 radical (unpaired) electrons. The van der Waals surface area contributed by atoms with Crippen molar-refractivity contribution in [3.05, 3.63) is 71.5 Å². The average molecular weight is 272 g/mol. The van der Waals surface area contributed by atoms with Gasteiger partial charge >= 0.3 is 0 Å². The van der Waals surface area contributed by atoms with Gasteiger partial charge in [-0.25, -0.2) is 0 Å². The summed E-state index contributed by atoms with van der Waals surface area (Å²) >= 11 is 0. The maximum Gasteiger partial charge on any atom is 0.0355 e. The fourth-order valence-electron chi connectivity index (χ4n) is 2.26. The maximum atomic E-state index is 4.42. The van der Waals surface area contributed by atoms with Gasteiger partial charge in [-0.2, -0.15) is 0 Å². The summed E-state index contributed by atoms with van der Waals surface area (Å²) in [6.45, 7) is 2.11. The molecular formula is C16H14CrN-. The summed E-state index contributed by atoms with van der Waals surface area (Å²) in [5.41, 5.74) is 3.77. The van der Waals surface area contributed by atoms with Crippen molar-refractivity contribution in [1.29, 1.82) is 0 Å². The standard InChI is InChI=1S/C16H14N.Cr/c1-12-8-9-17-15(10-12)11-14-7-6-13-4-2-3-5-16(13)14;/h2-10H,11H2,1H3;/q-1;. The Hall–Kier alpha value is -1.49. The van der Waals surface area contributed by atoms with Gasteiger partial charge < -0.3 is 0 Å². The number of benzene rings is 1. The van der Waals surface area contributed by atoms with Crippen LogP contribution < -0.4 is 0 Å². The molecule has 2 heteroatoms. The summed E-state index contributed by atoms with van der Waals surface area (Å²) in [4.78, 5) is 4.42. The molecule has 3 aromatic rings. The van der Waals surface area contributed by atoms with Gasteiger partial charge in [0.2, 0.25) is 0 Å². The second-order valence-corrected chi connectivity index (χ2v) is 4.45. The first-order valence-electron chi connectivity index (χ1n) is 5.88. The molecule has 0 spiro atoms. The van der Waals surface area contributed by atoms with Crippen LogP contribution in [0.4, 0.5) is 0 Å². The summed E-state index contributed by atoms with van der Waals surface area (Å²) in [5.74, 6) is 0. The van der Waals surface area contributed by atoms with Crippen LogP contribution in [0.5, 0.6) is 0 Å². The van der Waals surface area contributed by atoms with Gasteiger partial charge in [-0.3, -0.25) is 4.98 Å². The number of hydrogen-bond donors (Lipinski definition) is 0. The van der Waals surface area contributed by atoms with Crippen LogP contribution in [0.1, 0.15) is 16.8 Å². The van der Waals surface area contributed by atoms with Gasteiger partial charge in [0.25, 0.3) is 0 Å². The molecule has 0 fully saturated rings. The number of fused-ring (bicyclic) bond motifs is 1. The van der Waals surface area contributed by atoms with E-state index in [9.17, 15) is 0 Å². The minimum Gasteiger partial charge on any atom is -0.262 e. The Balaban J connectivity index is 0.00000120. The number of aryl methyl sites for hydroxylation is 1. The van der Waals surface area contributed by atoms with Crippen LogP contribution in [-0.4, -0.2) is 4.98 Å². The van der Waals surface area contributed by atoms with E-state index >= 15 is 0 Å². The molecule has 0 amide bonds. The zero-order valence-corrected chi connectivity index (χ0v) is 11.5. The molecule has 1 heterocycles. The van der Waals surface area contributed by atoms with Crippen LogP contribution >= 0.6 is 0 Å². The van der Waals surface area contributed by atoms with Gasteiger partial charge in [-0.15, -0.1) is 46.7 Å². The summed E-state index contributed by atoms with van der Waals surface area (Å²) in [7, 11) is 0. The molecule has 0 aliphatic carbocycles. The van der Waals surface area contributed by atoms with E-state index in [1.807, 2.05) is 12.3 Å². The number of pyridine rings is 1. The van der Waals surface area contributed by atoms with Crippen LogP contribution in [-0.2, 0) is 23.8 Å². The zero-order valence-electron chi connectivity index (χ0n) is 10.3. The summed E-state index contributed by atoms with van der Waals surface area (Å²) in [5, 5.41) is 2.66. The Bertz CT molecular complexity index is 655. The van der Waals surface area contributed by atoms with Crippen LogP contribution in [0.25, 0.3) is 10.8 Å². The first-order chi connectivity index (χ1) is 8.33. The Morgan fingerprint density at radius 3 is 2.83 bits per heavy atom. The van der Waals surface area contributed by atoms with Gasteiger partial charge in [0.05, 0.1) is 0 Å². The molecule has 0 aliphatic heterocycles. The van der Waals surface area contributed by atoms with Gasteiger partial charge in [-0.1, -0.05) is 6.07 Å². The molecule has 0 saturated heterocycles. The number of aromatic nitrogens is 1. The van der Waals surface area contributed by atoms with E-state index in [0.29, 0.717) is 0 Å². The van der Waals surface area contributed by atoms with Crippen molar-refractivity contribution in [1.82, 2.24) is 4.98 Å². The molecule has 2 aromatic carbocycles. The van der Waals surface area contributed by atoms with Crippen molar-refractivity contribution in [2.45, 2.75) is 13.3 Å². The van der Waals surface area contributed by atoms with E-state index < -0.39 is 0 Å². The van der Waals surface area contributed by atoms with E-state index in [2.05, 4.69) is 54.4 Å². The number of nitrogens with zero attached hydrogens (tertiary/aromatic N) is 1. The SMILES string of the molecule is Cc1ccnc(Cc2c[cH-]c3ccccc23)c1.[Cr]. The predicted octanol–water partition coefficient (Wildman–Crippen LogP) is 3.85. The topological polar surface area (TPSA) is 12.9 Å². The van der Waals surface area contributed by atoms with Gasteiger partial charge in [0, 0.05) is 29.3 Å². The zero-order chi connectivity index (χ0) is 11.7. The van der Waals surface area contributed by atoms with Crippen molar-refractivity contribution < 1.29 is 17.4 Å². The minimum absolute atomic E-state index is 0. The van der Waals surface area contributed by atoms with Crippen LogP contribution in [0.15, 0.2) is 54.7 Å². The molecule has 0 atom stereocenters. The molecule has 90 valence electrons. The van der Waals surface area contributed by atoms with Gasteiger partial charge in [0.15, 0.2) is 0 Å². The smallest absolute Gasteiger partial charge is 0.0355 e. The molecule has 0 aliphatic rings. The predicted molar refractivity (Wildman–Crippen MR) is 71.3 cm³/mol. The van der Waals surface area contributed by atoms with E-state index in [0.717, 1.165) is 12.1 Å². The molecular weight excluding hydrogens is 258 g/mol. The van der Waals surface area contributed by atoms with Crippen molar-refractivity contribution in [3.8, 4) is 0 Å². The van der Waals surface area contributed by atoms with Gasteiger partial charge in [-0.05, 0) is 31.0 Å². The third kappa shape index (κ3) is 2.51. The molecule has 3 rings (SSSR count). The largest absolute Gasteiger partial charge is 0.262 e. The number of rotatable bonds is 2. The Kier molecular flexibility index (Phi) is 3.91. The van der Waals surface area contributed by atoms with E-state index in [4.69, 9.17) is 0 Å². The Morgan fingerprint density at radius 1 is 1.17 bits per heavy atom. The Morgan fingerprint density at radius 2 is 2.00 bits per heavy atom. The van der Waals surface area contributed by atoms with Crippen LogP contribution in [0.3, 0.4) is 0 Å². The van der Waals surface area contributed by atoms with E-state index in [-0.39, 0.29) is 17.4 Å². The van der Waals surface area contributed by atoms with E-state index in [1.165, 1.54) is 21.9 Å². The summed E-state index contributed by atoms with van der Waals surface area (Å²) in [6.07, 6.45) is 2.80. The summed E-state index contributed by atoms with van der Waals surface area (Å²) < 4.78 is 0. The fourth-order valence-corrected chi connectivity index (χ4v) is 2.26. The van der Waals surface area contributed by atoms with Crippen LogP contribution in [0, 0.1) is 6.92 Å². The third-order valence-corrected chi connectivity index (χ3v) is 3.11. The maximum absolute atomic E-state index is 4.42. The van der Waals surface area contributed by atoms with Crippen LogP contribution in [0.2, 0.25) is 0 Å². The molecule has 1 nitrogen and oxygen atoms in total. The summed E-state index contributed by atoms with van der Waals surface area (Å²) in [6, 6.07) is 17.1. The fraction of sp³-hybridized carbons (Fsp3) is 0.125. The van der Waals surface area contributed by atoms with Crippen molar-refractivity contribution >= 4 is 10.8 Å². The van der Waals surface area contributed by atoms with Crippen molar-refractivity contribution in [3.63, 3.8) is 0 Å². The first kappa shape index (κ1) is 13.0. The van der Waals surface area contributed by atoms with Gasteiger partial charge in [0.1, 0.15) is 0 Å². The molecule has 0 unspecified atom stereocenters. The second kappa shape index (κ2) is 5.44. The first-order valence-corrected chi connectivity index (χ1v) is 5.88. The minimum atomic E-state index is 0. The molecule has 0 N–H and O–H groups in total. The molecule has 18 heavy (non-hydrogen) atoms. The third-order valence-electron chi connectivity index (χ3n) is 3.11. The monoisotopic (exact) mass is 272 g/mol. The normalized spacial score (nSPS) is 10.3.